The molecule has 1 aliphatic carbocycles. The lowest BCUT2D eigenvalue weighted by atomic mass is 9.78. The molecule has 3 heterocycles. The monoisotopic (exact) mass is 360 g/mol. The van der Waals surface area contributed by atoms with Gasteiger partial charge in [0, 0.05) is 35.7 Å². The van der Waals surface area contributed by atoms with Crippen LogP contribution in [-0.4, -0.2) is 64.3 Å². The number of allylic oxidation sites excluding steroid dienone is 2. The van der Waals surface area contributed by atoms with Gasteiger partial charge < -0.3 is 21.1 Å². The minimum absolute atomic E-state index is 0.0179. The quantitative estimate of drug-likeness (QED) is 0.532. The number of piperazine rings is 1. The van der Waals surface area contributed by atoms with E-state index in [-0.39, 0.29) is 35.5 Å². The molecule has 8 heteroatoms. The zero-order valence-corrected chi connectivity index (χ0v) is 15.4. The number of rotatable bonds is 3. The Morgan fingerprint density at radius 3 is 2.58 bits per heavy atom. The molecule has 4 aliphatic rings. The van der Waals surface area contributed by atoms with Crippen molar-refractivity contribution in [3.8, 4) is 0 Å². The summed E-state index contributed by atoms with van der Waals surface area (Å²) in [5, 5.41) is 0. The predicted octanol–water partition coefficient (Wildman–Crippen LogP) is -0.114. The van der Waals surface area contributed by atoms with Gasteiger partial charge in [-0.15, -0.1) is 0 Å². The molecule has 0 radical (unpaired) electrons. The van der Waals surface area contributed by atoms with Crippen molar-refractivity contribution in [2.24, 2.45) is 17.4 Å². The molecule has 0 bridgehead atoms. The first-order valence-electron chi connectivity index (χ1n) is 8.89. The summed E-state index contributed by atoms with van der Waals surface area (Å²) >= 11 is 0. The van der Waals surface area contributed by atoms with Gasteiger partial charge in [-0.05, 0) is 27.7 Å². The fourth-order valence-electron chi connectivity index (χ4n) is 5.30. The largest absolute Gasteiger partial charge is 0.449 e. The number of amides is 1. The van der Waals surface area contributed by atoms with Crippen LogP contribution in [0.5, 0.6) is 0 Å². The highest BCUT2D eigenvalue weighted by Crippen LogP contribution is 2.59. The van der Waals surface area contributed by atoms with Crippen LogP contribution in [0.1, 0.15) is 27.7 Å². The molecule has 0 aromatic carbocycles. The van der Waals surface area contributed by atoms with Crippen molar-refractivity contribution < 1.29 is 19.1 Å². The van der Waals surface area contributed by atoms with E-state index >= 15 is 0 Å². The van der Waals surface area contributed by atoms with Crippen molar-refractivity contribution in [2.75, 3.05) is 13.2 Å². The van der Waals surface area contributed by atoms with Gasteiger partial charge in [-0.1, -0.05) is 0 Å². The number of fused-ring (bicyclic) bond motifs is 4. The molecule has 3 aliphatic heterocycles. The molecule has 26 heavy (non-hydrogen) atoms. The number of primary amides is 1. The minimum Gasteiger partial charge on any atom is -0.449 e. The van der Waals surface area contributed by atoms with Crippen LogP contribution in [0.15, 0.2) is 22.5 Å². The van der Waals surface area contributed by atoms with Gasteiger partial charge in [0.15, 0.2) is 0 Å². The Kier molecular flexibility index (Phi) is 3.35. The Morgan fingerprint density at radius 2 is 2.00 bits per heavy atom. The second-order valence-corrected chi connectivity index (χ2v) is 8.03. The maximum absolute atomic E-state index is 12.9. The molecule has 4 N–H and O–H groups in total. The lowest BCUT2D eigenvalue weighted by Crippen LogP contribution is -2.52. The molecule has 0 saturated carbocycles. The minimum atomic E-state index is -0.894. The van der Waals surface area contributed by atoms with Crippen molar-refractivity contribution in [3.63, 3.8) is 0 Å². The Hall–Kier alpha value is -2.35. The first kappa shape index (κ1) is 17.1. The molecule has 0 spiro atoms. The third-order valence-electron chi connectivity index (χ3n) is 6.55. The highest BCUT2D eigenvalue weighted by Gasteiger charge is 2.73. The molecule has 2 fully saturated rings. The standard InChI is InChI=1S/C18H24N4O4/c1-7(2)22-10-5-21-13-11(15(24)12(19)8(3)14(13)23)9(6-26-17(20)25)18(21,4)16(10)22/h7,9-10,16H,5-6,19H2,1-4H3,(H2,20,25)/t9-,10?,16?,18+,22?/m1/s1. The summed E-state index contributed by atoms with van der Waals surface area (Å²) < 4.78 is 5.10. The fourth-order valence-corrected chi connectivity index (χ4v) is 5.30. The van der Waals surface area contributed by atoms with Gasteiger partial charge in [-0.2, -0.15) is 0 Å². The Bertz CT molecular complexity index is 814. The van der Waals surface area contributed by atoms with Crippen molar-refractivity contribution >= 4 is 17.7 Å². The summed E-state index contributed by atoms with van der Waals surface area (Å²) in [4.78, 5) is 41.5. The van der Waals surface area contributed by atoms with Crippen LogP contribution in [0, 0.1) is 5.92 Å². The van der Waals surface area contributed by atoms with Crippen LogP contribution >= 0.6 is 0 Å². The summed E-state index contributed by atoms with van der Waals surface area (Å²) in [6.07, 6.45) is -0.894. The van der Waals surface area contributed by atoms with Crippen molar-refractivity contribution in [3.05, 3.63) is 22.5 Å². The highest BCUT2D eigenvalue weighted by atomic mass is 16.5. The van der Waals surface area contributed by atoms with Crippen LogP contribution < -0.4 is 11.5 Å². The third-order valence-corrected chi connectivity index (χ3v) is 6.55. The summed E-state index contributed by atoms with van der Waals surface area (Å²) in [5.41, 5.74) is 11.6. The molecule has 8 nitrogen and oxygen atoms in total. The number of hydrogen-bond acceptors (Lipinski definition) is 7. The van der Waals surface area contributed by atoms with E-state index in [1.807, 2.05) is 11.8 Å². The van der Waals surface area contributed by atoms with E-state index in [2.05, 4.69) is 18.7 Å². The average molecular weight is 360 g/mol. The maximum Gasteiger partial charge on any atom is 0.404 e. The van der Waals surface area contributed by atoms with Gasteiger partial charge in [0.2, 0.25) is 11.6 Å². The maximum atomic E-state index is 12.9. The first-order chi connectivity index (χ1) is 12.1. The van der Waals surface area contributed by atoms with Crippen LogP contribution in [0.25, 0.3) is 0 Å². The van der Waals surface area contributed by atoms with Gasteiger partial charge in [0.1, 0.15) is 6.61 Å². The van der Waals surface area contributed by atoms with Crippen LogP contribution in [0.3, 0.4) is 0 Å². The number of ketones is 2. The number of carbonyl (C=O) groups excluding carboxylic acids is 3. The lowest BCUT2D eigenvalue weighted by molar-refractivity contribution is -0.117. The van der Waals surface area contributed by atoms with E-state index in [0.717, 1.165) is 0 Å². The molecule has 0 aromatic heterocycles. The van der Waals surface area contributed by atoms with E-state index in [1.165, 1.54) is 0 Å². The van der Waals surface area contributed by atoms with Crippen molar-refractivity contribution in [1.82, 2.24) is 9.80 Å². The molecule has 2 saturated heterocycles. The fraction of sp³-hybridized carbons (Fsp3) is 0.611. The van der Waals surface area contributed by atoms with Gasteiger partial charge in [-0.3, -0.25) is 14.5 Å². The zero-order chi connectivity index (χ0) is 19.1. The third kappa shape index (κ3) is 1.85. The molecule has 5 atom stereocenters. The molecule has 0 aromatic rings. The molecular weight excluding hydrogens is 336 g/mol. The molecular formula is C18H24N4O4. The van der Waals surface area contributed by atoms with Crippen LogP contribution in [-0.2, 0) is 14.3 Å². The lowest BCUT2D eigenvalue weighted by Gasteiger charge is -2.40. The molecule has 4 rings (SSSR count). The summed E-state index contributed by atoms with van der Waals surface area (Å²) in [7, 11) is 0. The summed E-state index contributed by atoms with van der Waals surface area (Å²) in [6, 6.07) is 0.879. The Balaban J connectivity index is 1.80. The number of nitrogens with two attached hydrogens (primary N) is 2. The highest BCUT2D eigenvalue weighted by molar-refractivity contribution is 6.25. The number of carbonyl (C=O) groups is 3. The Morgan fingerprint density at radius 1 is 1.35 bits per heavy atom. The van der Waals surface area contributed by atoms with E-state index < -0.39 is 17.6 Å². The number of Topliss-reactive ketones (excluding diaryl/α,β-unsaturated/α-hetero) is 2. The van der Waals surface area contributed by atoms with Gasteiger partial charge >= 0.3 is 6.09 Å². The van der Waals surface area contributed by atoms with E-state index in [4.69, 9.17) is 16.2 Å². The zero-order valence-electron chi connectivity index (χ0n) is 15.4. The van der Waals surface area contributed by atoms with Crippen molar-refractivity contribution in [2.45, 2.75) is 51.4 Å². The van der Waals surface area contributed by atoms with Gasteiger partial charge in [-0.25, -0.2) is 4.79 Å². The van der Waals surface area contributed by atoms with Gasteiger partial charge in [0.05, 0.1) is 23.0 Å². The summed E-state index contributed by atoms with van der Waals surface area (Å²) in [5.74, 6) is -0.978. The predicted molar refractivity (Wildman–Crippen MR) is 92.6 cm³/mol. The molecule has 3 unspecified atom stereocenters. The topological polar surface area (TPSA) is 119 Å². The van der Waals surface area contributed by atoms with E-state index in [0.29, 0.717) is 29.9 Å². The first-order valence-corrected chi connectivity index (χ1v) is 8.89. The number of ether oxygens (including phenoxy) is 1. The van der Waals surface area contributed by atoms with E-state index in [9.17, 15) is 14.4 Å². The molecule has 1 amide bonds. The second kappa shape index (κ2) is 5.09. The Labute approximate surface area is 151 Å². The van der Waals surface area contributed by atoms with Crippen molar-refractivity contribution in [1.29, 1.82) is 0 Å². The van der Waals surface area contributed by atoms with Crippen LogP contribution in [0.4, 0.5) is 4.79 Å². The average Bonchev–Trinajstić information content (AvgIpc) is 3.14. The SMILES string of the molecule is CC1=C(N)C(=O)C2=C(C1=O)N1CC3C(N3C(C)C)[C@]1(C)[C@@H]2COC(N)=O. The summed E-state index contributed by atoms with van der Waals surface area (Å²) in [6.45, 7) is 8.52. The smallest absolute Gasteiger partial charge is 0.404 e. The second-order valence-electron chi connectivity index (χ2n) is 8.03. The van der Waals surface area contributed by atoms with Gasteiger partial charge in [0.25, 0.3) is 0 Å². The normalized spacial score (nSPS) is 38.0. The van der Waals surface area contributed by atoms with E-state index in [1.54, 1.807) is 6.92 Å². The number of nitrogens with zero attached hydrogens (tertiary/aromatic N) is 2. The number of hydrogen-bond donors (Lipinski definition) is 2. The molecule has 140 valence electrons. The van der Waals surface area contributed by atoms with Crippen LogP contribution in [0.2, 0.25) is 0 Å².